The molecule has 0 aliphatic rings. The molecule has 2 aromatic carbocycles. The summed E-state index contributed by atoms with van der Waals surface area (Å²) in [4.78, 5) is 0.0713. The predicted molar refractivity (Wildman–Crippen MR) is 83.6 cm³/mol. The number of sulfonamides is 1. The lowest BCUT2D eigenvalue weighted by Gasteiger charge is -2.09. The summed E-state index contributed by atoms with van der Waals surface area (Å²) in [5.41, 5.74) is 6.59. The number of benzene rings is 2. The number of nitrogens with one attached hydrogen (secondary N) is 1. The maximum Gasteiger partial charge on any atom is 0.242 e. The summed E-state index contributed by atoms with van der Waals surface area (Å²) in [6.45, 7) is 0.121. The second-order valence-corrected chi connectivity index (χ2v) is 6.10. The van der Waals surface area contributed by atoms with Crippen molar-refractivity contribution in [3.63, 3.8) is 0 Å². The smallest absolute Gasteiger partial charge is 0.242 e. The molecule has 0 saturated heterocycles. The van der Waals surface area contributed by atoms with E-state index in [1.165, 1.54) is 6.07 Å². The molecule has 7 heteroatoms. The summed E-state index contributed by atoms with van der Waals surface area (Å²) in [6.07, 6.45) is 0. The fraction of sp³-hybridized carbons (Fsp3) is 0.0769. The van der Waals surface area contributed by atoms with E-state index in [4.69, 9.17) is 17.3 Å². The molecule has 0 aromatic heterocycles. The van der Waals surface area contributed by atoms with Crippen molar-refractivity contribution in [1.82, 2.24) is 4.72 Å². The summed E-state index contributed by atoms with van der Waals surface area (Å²) < 4.78 is 26.7. The van der Waals surface area contributed by atoms with Crippen LogP contribution in [0.1, 0.15) is 5.56 Å². The van der Waals surface area contributed by atoms with E-state index in [1.54, 1.807) is 42.5 Å². The highest BCUT2D eigenvalue weighted by Gasteiger charge is 2.16. The normalized spacial score (nSPS) is 10.8. The van der Waals surface area contributed by atoms with Gasteiger partial charge >= 0.3 is 0 Å². The lowest BCUT2D eigenvalue weighted by molar-refractivity contribution is 0.582. The molecular weight excluding hydrogens is 319 g/mol. The topological polar surface area (TPSA) is 72.2 Å². The number of halogens is 2. The van der Waals surface area contributed by atoms with Crippen molar-refractivity contribution < 1.29 is 8.42 Å². The van der Waals surface area contributed by atoms with Crippen LogP contribution in [0.3, 0.4) is 0 Å². The highest BCUT2D eigenvalue weighted by molar-refractivity contribution is 7.89. The number of hydrogen-bond donors (Lipinski definition) is 2. The fourth-order valence-electron chi connectivity index (χ4n) is 1.62. The second-order valence-electron chi connectivity index (χ2n) is 3.95. The van der Waals surface area contributed by atoms with Crippen LogP contribution in [0.4, 0.5) is 5.69 Å². The standard InChI is InChI=1S/C13H13ClN2O2S.ClH/c14-11-6-2-1-5-10(11)9-16-19(17,18)13-8-4-3-7-12(13)15;/h1-8,16H,9,15H2;1H. The monoisotopic (exact) mass is 332 g/mol. The maximum atomic E-state index is 12.1. The second kappa shape index (κ2) is 6.95. The Morgan fingerprint density at radius 1 is 1.05 bits per heavy atom. The first-order chi connectivity index (χ1) is 9.00. The van der Waals surface area contributed by atoms with Crippen LogP contribution in [-0.4, -0.2) is 8.42 Å². The van der Waals surface area contributed by atoms with Crippen molar-refractivity contribution in [2.75, 3.05) is 5.73 Å². The lowest BCUT2D eigenvalue weighted by Crippen LogP contribution is -2.24. The number of nitrogen functional groups attached to an aromatic ring is 1. The number of para-hydroxylation sites is 1. The first-order valence-electron chi connectivity index (χ1n) is 5.58. The number of rotatable bonds is 4. The van der Waals surface area contributed by atoms with Gasteiger partial charge in [-0.15, -0.1) is 12.4 Å². The molecule has 108 valence electrons. The van der Waals surface area contributed by atoms with Crippen LogP contribution in [-0.2, 0) is 16.6 Å². The Morgan fingerprint density at radius 2 is 1.65 bits per heavy atom. The minimum absolute atomic E-state index is 0. The molecule has 3 N–H and O–H groups in total. The van der Waals surface area contributed by atoms with Crippen molar-refractivity contribution in [1.29, 1.82) is 0 Å². The zero-order chi connectivity index (χ0) is 13.9. The SMILES string of the molecule is Cl.Nc1ccccc1S(=O)(=O)NCc1ccccc1Cl. The quantitative estimate of drug-likeness (QED) is 0.845. The minimum Gasteiger partial charge on any atom is -0.398 e. The van der Waals surface area contributed by atoms with Gasteiger partial charge in [-0.1, -0.05) is 41.9 Å². The molecular formula is C13H14Cl2N2O2S. The summed E-state index contributed by atoms with van der Waals surface area (Å²) in [7, 11) is -3.64. The van der Waals surface area contributed by atoms with Crippen molar-refractivity contribution in [2.24, 2.45) is 0 Å². The predicted octanol–water partition coefficient (Wildman–Crippen LogP) is 2.82. The van der Waals surface area contributed by atoms with Gasteiger partial charge < -0.3 is 5.73 Å². The molecule has 0 fully saturated rings. The lowest BCUT2D eigenvalue weighted by atomic mass is 10.2. The van der Waals surface area contributed by atoms with Gasteiger partial charge in [0.05, 0.1) is 5.69 Å². The van der Waals surface area contributed by atoms with Gasteiger partial charge in [0.25, 0.3) is 0 Å². The Kier molecular flexibility index (Phi) is 5.83. The molecule has 2 aromatic rings. The first kappa shape index (κ1) is 16.8. The summed E-state index contributed by atoms with van der Waals surface area (Å²) in [5, 5.41) is 0.520. The van der Waals surface area contributed by atoms with Crippen LogP contribution in [0.15, 0.2) is 53.4 Å². The third-order valence-electron chi connectivity index (χ3n) is 2.62. The highest BCUT2D eigenvalue weighted by Crippen LogP contribution is 2.19. The van der Waals surface area contributed by atoms with Gasteiger partial charge in [-0.2, -0.15) is 0 Å². The molecule has 0 unspecified atom stereocenters. The number of anilines is 1. The van der Waals surface area contributed by atoms with Crippen LogP contribution in [0.2, 0.25) is 5.02 Å². The van der Waals surface area contributed by atoms with Gasteiger partial charge in [0, 0.05) is 11.6 Å². The van der Waals surface area contributed by atoms with Crippen LogP contribution >= 0.6 is 24.0 Å². The Balaban J connectivity index is 0.00000200. The van der Waals surface area contributed by atoms with Gasteiger partial charge in [0.2, 0.25) is 10.0 Å². The first-order valence-corrected chi connectivity index (χ1v) is 7.44. The van der Waals surface area contributed by atoms with E-state index in [2.05, 4.69) is 4.72 Å². The Bertz CT molecular complexity index is 690. The van der Waals surface area contributed by atoms with Crippen LogP contribution in [0.25, 0.3) is 0 Å². The Hall–Kier alpha value is -1.27. The molecule has 0 radical (unpaired) electrons. The molecule has 0 bridgehead atoms. The summed E-state index contributed by atoms with van der Waals surface area (Å²) in [6, 6.07) is 13.4. The Morgan fingerprint density at radius 3 is 2.30 bits per heavy atom. The molecule has 0 atom stereocenters. The van der Waals surface area contributed by atoms with E-state index >= 15 is 0 Å². The van der Waals surface area contributed by atoms with Gasteiger partial charge in [-0.25, -0.2) is 13.1 Å². The Labute approximate surface area is 129 Å². The number of nitrogens with two attached hydrogens (primary N) is 1. The van der Waals surface area contributed by atoms with Crippen LogP contribution in [0.5, 0.6) is 0 Å². The van der Waals surface area contributed by atoms with E-state index in [0.717, 1.165) is 0 Å². The average molecular weight is 333 g/mol. The van der Waals surface area contributed by atoms with Crippen LogP contribution in [0, 0.1) is 0 Å². The molecule has 0 aliphatic heterocycles. The molecule has 0 aliphatic carbocycles. The number of hydrogen-bond acceptors (Lipinski definition) is 3. The van der Waals surface area contributed by atoms with Crippen molar-refractivity contribution in [3.8, 4) is 0 Å². The molecule has 2 rings (SSSR count). The van der Waals surface area contributed by atoms with E-state index < -0.39 is 10.0 Å². The van der Waals surface area contributed by atoms with Gasteiger partial charge in [0.1, 0.15) is 4.90 Å². The zero-order valence-corrected chi connectivity index (χ0v) is 12.8. The molecule has 0 heterocycles. The van der Waals surface area contributed by atoms with Crippen molar-refractivity contribution >= 4 is 39.7 Å². The highest BCUT2D eigenvalue weighted by atomic mass is 35.5. The van der Waals surface area contributed by atoms with Crippen molar-refractivity contribution in [2.45, 2.75) is 11.4 Å². The summed E-state index contributed by atoms with van der Waals surface area (Å²) in [5.74, 6) is 0. The van der Waals surface area contributed by atoms with E-state index in [9.17, 15) is 8.42 Å². The summed E-state index contributed by atoms with van der Waals surface area (Å²) >= 11 is 5.97. The molecule has 0 amide bonds. The molecule has 20 heavy (non-hydrogen) atoms. The van der Waals surface area contributed by atoms with Gasteiger partial charge in [-0.05, 0) is 23.8 Å². The van der Waals surface area contributed by atoms with E-state index in [1.807, 2.05) is 0 Å². The average Bonchev–Trinajstić information content (AvgIpc) is 2.38. The van der Waals surface area contributed by atoms with Crippen LogP contribution < -0.4 is 10.5 Å². The largest absolute Gasteiger partial charge is 0.398 e. The third kappa shape index (κ3) is 3.86. The molecule has 0 saturated carbocycles. The van der Waals surface area contributed by atoms with Gasteiger partial charge in [-0.3, -0.25) is 0 Å². The molecule has 4 nitrogen and oxygen atoms in total. The van der Waals surface area contributed by atoms with Crippen molar-refractivity contribution in [3.05, 3.63) is 59.1 Å². The van der Waals surface area contributed by atoms with Gasteiger partial charge in [0.15, 0.2) is 0 Å². The van der Waals surface area contributed by atoms with E-state index in [0.29, 0.717) is 10.6 Å². The van der Waals surface area contributed by atoms with E-state index in [-0.39, 0.29) is 29.5 Å². The zero-order valence-electron chi connectivity index (χ0n) is 10.4. The minimum atomic E-state index is -3.64. The third-order valence-corrected chi connectivity index (χ3v) is 4.46. The fourth-order valence-corrected chi connectivity index (χ4v) is 2.96. The molecule has 0 spiro atoms. The maximum absolute atomic E-state index is 12.1.